The molecule has 1 aromatic carbocycles. The molecule has 3 heterocycles. The Morgan fingerprint density at radius 3 is 2.33 bits per heavy atom. The van der Waals surface area contributed by atoms with E-state index in [0.29, 0.717) is 68.1 Å². The summed E-state index contributed by atoms with van der Waals surface area (Å²) in [6, 6.07) is 7.34. The lowest BCUT2D eigenvalue weighted by Gasteiger charge is -2.47. The molecule has 67 heavy (non-hydrogen) atoms. The van der Waals surface area contributed by atoms with Gasteiger partial charge in [-0.25, -0.2) is 4.79 Å². The number of nitriles is 1. The van der Waals surface area contributed by atoms with Crippen LogP contribution in [0.2, 0.25) is 0 Å². The molecule has 1 aliphatic carbocycles. The highest BCUT2D eigenvalue weighted by Gasteiger charge is 2.56. The molecule has 2 N–H and O–H groups in total. The highest BCUT2D eigenvalue weighted by molar-refractivity contribution is 6.39. The number of aliphatic hydroxyl groups is 2. The number of benzene rings is 1. The van der Waals surface area contributed by atoms with Gasteiger partial charge in [-0.2, -0.15) is 5.26 Å². The van der Waals surface area contributed by atoms with E-state index in [1.54, 1.807) is 39.2 Å². The summed E-state index contributed by atoms with van der Waals surface area (Å²) in [7, 11) is 4.63. The number of hydrogen-bond acceptors (Lipinski definition) is 14. The first-order chi connectivity index (χ1) is 31.9. The van der Waals surface area contributed by atoms with Crippen molar-refractivity contribution in [2.45, 2.75) is 167 Å². The Labute approximate surface area is 396 Å². The number of hydrogen-bond donors (Lipinski definition) is 2. The van der Waals surface area contributed by atoms with Gasteiger partial charge in [0.05, 0.1) is 42.2 Å². The molecule has 2 bridgehead atoms. The van der Waals surface area contributed by atoms with Crippen LogP contribution in [0.25, 0.3) is 0 Å². The van der Waals surface area contributed by atoms with Gasteiger partial charge in [0.25, 0.3) is 11.7 Å². The average Bonchev–Trinajstić information content (AvgIpc) is 3.32. The van der Waals surface area contributed by atoms with Gasteiger partial charge < -0.3 is 43.5 Å². The molecule has 0 spiro atoms. The average molecular weight is 935 g/mol. The number of aliphatic hydroxyl groups excluding tert-OH is 1. The predicted octanol–water partition coefficient (Wildman–Crippen LogP) is 6.25. The third-order valence-electron chi connectivity index (χ3n) is 14.6. The van der Waals surface area contributed by atoms with Gasteiger partial charge in [-0.15, -0.1) is 0 Å². The molecule has 2 saturated heterocycles. The first-order valence-corrected chi connectivity index (χ1v) is 24.1. The number of allylic oxidation sites excluding steroid dienone is 3. The van der Waals surface area contributed by atoms with E-state index in [-0.39, 0.29) is 68.0 Å². The van der Waals surface area contributed by atoms with E-state index in [2.05, 4.69) is 0 Å². The van der Waals surface area contributed by atoms with Crippen LogP contribution in [0.1, 0.15) is 128 Å². The van der Waals surface area contributed by atoms with Crippen molar-refractivity contribution < 1.29 is 62.6 Å². The topological polar surface area (TPSA) is 208 Å². The Balaban J connectivity index is 1.45. The molecule has 370 valence electrons. The summed E-state index contributed by atoms with van der Waals surface area (Å²) in [4.78, 5) is 71.3. The summed E-state index contributed by atoms with van der Waals surface area (Å²) >= 11 is 0. The molecule has 3 fully saturated rings. The molecule has 1 aromatic rings. The Hall–Kier alpha value is -4.14. The predicted molar refractivity (Wildman–Crippen MR) is 247 cm³/mol. The zero-order chi connectivity index (χ0) is 49.2. The van der Waals surface area contributed by atoms with E-state index in [0.717, 1.165) is 5.57 Å². The number of Topliss-reactive ketones (excluding diaryl/α,β-unsaturated/α-hetero) is 3. The van der Waals surface area contributed by atoms with Gasteiger partial charge in [0.1, 0.15) is 30.6 Å². The molecule has 1 saturated carbocycles. The molecule has 0 aromatic heterocycles. The number of ether oxygens (including phenoxy) is 6. The molecule has 15 nitrogen and oxygen atoms in total. The molecule has 3 aliphatic heterocycles. The molecule has 14 unspecified atom stereocenters. The van der Waals surface area contributed by atoms with Gasteiger partial charge in [0, 0.05) is 57.6 Å². The van der Waals surface area contributed by atoms with Crippen molar-refractivity contribution >= 4 is 29.2 Å². The maximum Gasteiger partial charge on any atom is 0.329 e. The van der Waals surface area contributed by atoms with Crippen LogP contribution in [0.3, 0.4) is 0 Å². The number of rotatable bonds is 10. The van der Waals surface area contributed by atoms with Crippen LogP contribution in [0, 0.1) is 40.9 Å². The lowest BCUT2D eigenvalue weighted by Crippen LogP contribution is -2.64. The number of fused-ring (bicyclic) bond motifs is 3. The maximum absolute atomic E-state index is 14.5. The van der Waals surface area contributed by atoms with Crippen LogP contribution in [0.5, 0.6) is 0 Å². The van der Waals surface area contributed by atoms with E-state index in [9.17, 15) is 39.4 Å². The van der Waals surface area contributed by atoms with Crippen molar-refractivity contribution in [2.75, 3.05) is 34.5 Å². The van der Waals surface area contributed by atoms with Crippen LogP contribution < -0.4 is 0 Å². The molecule has 4 aliphatic rings. The summed E-state index contributed by atoms with van der Waals surface area (Å²) < 4.78 is 36.3. The van der Waals surface area contributed by atoms with Crippen LogP contribution in [0.15, 0.2) is 47.6 Å². The fourth-order valence-corrected chi connectivity index (χ4v) is 10.6. The quantitative estimate of drug-likeness (QED) is 0.115. The first-order valence-electron chi connectivity index (χ1n) is 24.1. The van der Waals surface area contributed by atoms with Crippen LogP contribution in [-0.4, -0.2) is 133 Å². The van der Waals surface area contributed by atoms with E-state index < -0.39 is 77.8 Å². The van der Waals surface area contributed by atoms with E-state index in [1.165, 1.54) is 25.2 Å². The number of carbonyl (C=O) groups excluding carboxylic acids is 5. The highest BCUT2D eigenvalue weighted by Crippen LogP contribution is 2.39. The number of methoxy groups -OCH3 is 3. The van der Waals surface area contributed by atoms with Gasteiger partial charge in [-0.1, -0.05) is 57.6 Å². The molecule has 1 amide bonds. The third-order valence-corrected chi connectivity index (χ3v) is 14.6. The number of carbonyl (C=O) groups is 5. The second-order valence-corrected chi connectivity index (χ2v) is 19.6. The normalized spacial score (nSPS) is 35.7. The number of cyclic esters (lactones) is 1. The Kier molecular flexibility index (Phi) is 19.6. The molecule has 14 atom stereocenters. The molecule has 15 heteroatoms. The summed E-state index contributed by atoms with van der Waals surface area (Å²) in [5, 5.41) is 33.2. The standard InChI is InChI=1S/C52H74N2O13/c1-10-37-21-30(2)20-31(3)22-45(63-8)48-46(64-9)24-33(5)52(61,67-48)49(58)50(59)54-19-12-11-16-39(54)51(60)66-47(34(6)40(55)27-41(37)56)32(4)23-35-17-18-43(44(26-35)62-7)65-29-42(57)38-15-13-14-36(25-38)28-53/h13-15,21,23,25,31,33-35,37,39-40,43-48,55,61H,10-12,16-20,22,24,26-27,29H2,1-9H3. The lowest BCUT2D eigenvalue weighted by molar-refractivity contribution is -0.302. The Bertz CT molecular complexity index is 2010. The monoisotopic (exact) mass is 935 g/mol. The second-order valence-electron chi connectivity index (χ2n) is 19.6. The number of amides is 1. The second kappa shape index (κ2) is 24.4. The molecule has 0 radical (unpaired) electrons. The largest absolute Gasteiger partial charge is 0.456 e. The summed E-state index contributed by atoms with van der Waals surface area (Å²) in [5.41, 5.74) is 2.37. The highest BCUT2D eigenvalue weighted by atomic mass is 16.7. The minimum absolute atomic E-state index is 0.0115. The van der Waals surface area contributed by atoms with Gasteiger partial charge in [0.15, 0.2) is 5.78 Å². The van der Waals surface area contributed by atoms with Gasteiger partial charge in [-0.05, 0) is 108 Å². The SMILES string of the molecule is CCC1C=C(C)CC(C)CC(OC)C2OC(O)(C(=O)C(=O)N3CCCCC3C(=O)OC(C(C)=CC3CCC(OCC(=O)c4cccc(C#N)c4)C(OC)C3)C(C)C(O)CC1=O)C(C)CC2OC. The number of ketones is 3. The lowest BCUT2D eigenvalue weighted by atomic mass is 9.81. The number of nitrogens with zero attached hydrogens (tertiary/aromatic N) is 2. The molecular weight excluding hydrogens is 861 g/mol. The van der Waals surface area contributed by atoms with Crippen LogP contribution >= 0.6 is 0 Å². The fourth-order valence-electron chi connectivity index (χ4n) is 10.6. The summed E-state index contributed by atoms with van der Waals surface area (Å²) in [6.07, 6.45) is 3.44. The first kappa shape index (κ1) is 53.8. The minimum Gasteiger partial charge on any atom is -0.456 e. The van der Waals surface area contributed by atoms with Gasteiger partial charge in [-0.3, -0.25) is 19.2 Å². The van der Waals surface area contributed by atoms with Crippen molar-refractivity contribution in [2.24, 2.45) is 29.6 Å². The maximum atomic E-state index is 14.5. The Morgan fingerprint density at radius 1 is 0.955 bits per heavy atom. The zero-order valence-electron chi connectivity index (χ0n) is 40.9. The third kappa shape index (κ3) is 13.1. The smallest absolute Gasteiger partial charge is 0.329 e. The van der Waals surface area contributed by atoms with Crippen molar-refractivity contribution in [3.63, 3.8) is 0 Å². The summed E-state index contributed by atoms with van der Waals surface area (Å²) in [5.74, 6) is -8.09. The van der Waals surface area contributed by atoms with E-state index in [1.807, 2.05) is 45.9 Å². The van der Waals surface area contributed by atoms with Crippen molar-refractivity contribution in [1.29, 1.82) is 5.26 Å². The Morgan fingerprint density at radius 2 is 1.66 bits per heavy atom. The van der Waals surface area contributed by atoms with E-state index >= 15 is 0 Å². The van der Waals surface area contributed by atoms with Crippen molar-refractivity contribution in [1.82, 2.24) is 4.90 Å². The van der Waals surface area contributed by atoms with Crippen LogP contribution in [-0.2, 0) is 47.6 Å². The van der Waals surface area contributed by atoms with Gasteiger partial charge in [0.2, 0.25) is 5.79 Å². The fraction of sp³-hybridized carbons (Fsp3) is 0.692. The molecule has 5 rings (SSSR count). The van der Waals surface area contributed by atoms with Crippen LogP contribution in [0.4, 0.5) is 0 Å². The van der Waals surface area contributed by atoms with Crippen molar-refractivity contribution in [3.8, 4) is 6.07 Å². The van der Waals surface area contributed by atoms with E-state index in [4.69, 9.17) is 28.4 Å². The zero-order valence-corrected chi connectivity index (χ0v) is 40.9. The number of esters is 1. The summed E-state index contributed by atoms with van der Waals surface area (Å²) in [6.45, 7) is 11.0. The molecular formula is C52H74N2O13. The van der Waals surface area contributed by atoms with Gasteiger partial charge >= 0.3 is 5.97 Å². The van der Waals surface area contributed by atoms with Crippen molar-refractivity contribution in [3.05, 3.63) is 58.7 Å². The number of piperidine rings is 1. The minimum atomic E-state index is -2.53.